The Balaban J connectivity index is 0.000000164. The predicted molar refractivity (Wildman–Crippen MR) is 465 cm³/mol. The van der Waals surface area contributed by atoms with Crippen LogP contribution in [0.5, 0.6) is 57.5 Å². The van der Waals surface area contributed by atoms with Gasteiger partial charge in [0, 0.05) is 137 Å². The summed E-state index contributed by atoms with van der Waals surface area (Å²) in [6, 6.07) is 70.2. The molecule has 126 heavy (non-hydrogen) atoms. The molecule has 0 bridgehead atoms. The van der Waals surface area contributed by atoms with Gasteiger partial charge >= 0.3 is 6.18 Å². The molecule has 7 heterocycles. The molecule has 22 nitrogen and oxygen atoms in total. The normalized spacial score (nSPS) is 10.4. The molecule has 5 N–H and O–H groups in total. The molecule has 5 amide bonds. The summed E-state index contributed by atoms with van der Waals surface area (Å²) in [5, 5.41) is 13.7. The summed E-state index contributed by atoms with van der Waals surface area (Å²) in [6.45, 7) is 4.45. The van der Waals surface area contributed by atoms with Crippen molar-refractivity contribution in [2.24, 2.45) is 0 Å². The van der Waals surface area contributed by atoms with Crippen LogP contribution in [0, 0.1) is 37.8 Å². The highest BCUT2D eigenvalue weighted by Gasteiger charge is 2.32. The second kappa shape index (κ2) is 44.7. The number of aromatic nitrogens is 7. The fourth-order valence-corrected chi connectivity index (χ4v) is 11.1. The minimum absolute atomic E-state index is 0. The number of carbonyl (C=O) groups is 5. The molecular formula is C96H74ClF7N12O10. The molecule has 30 heteroatoms. The third-order valence-electron chi connectivity index (χ3n) is 16.5. The molecule has 0 saturated heterocycles. The van der Waals surface area contributed by atoms with Crippen LogP contribution in [0.25, 0.3) is 0 Å². The van der Waals surface area contributed by atoms with E-state index in [-0.39, 0.29) is 53.6 Å². The smallest absolute Gasteiger partial charge is 0.416 e. The number of terminal acetylenes is 1. The van der Waals surface area contributed by atoms with E-state index in [1.165, 1.54) is 79.5 Å². The first-order valence-corrected chi connectivity index (χ1v) is 37.7. The summed E-state index contributed by atoms with van der Waals surface area (Å²) in [7, 11) is 0. The number of amides is 5. The topological polar surface area (TPSA) is 282 Å². The van der Waals surface area contributed by atoms with Crippen LogP contribution in [-0.4, -0.2) is 64.4 Å². The number of anilines is 5. The lowest BCUT2D eigenvalue weighted by Crippen LogP contribution is -2.17. The number of hydrogen-bond donors (Lipinski definition) is 5. The lowest BCUT2D eigenvalue weighted by Gasteiger charge is -2.14. The van der Waals surface area contributed by atoms with E-state index < -0.39 is 52.7 Å². The summed E-state index contributed by atoms with van der Waals surface area (Å²) < 4.78 is 122. The van der Waals surface area contributed by atoms with Crippen LogP contribution in [0.3, 0.4) is 0 Å². The van der Waals surface area contributed by atoms with Crippen molar-refractivity contribution in [3.05, 3.63) is 408 Å². The van der Waals surface area contributed by atoms with Crippen LogP contribution < -0.4 is 50.3 Å². The fraction of sp³-hybridized carbons (Fsp3) is 0.0625. The van der Waals surface area contributed by atoms with E-state index in [2.05, 4.69) is 67.4 Å². The first kappa shape index (κ1) is 91.8. The third-order valence-corrected chi connectivity index (χ3v) is 16.8. The Hall–Kier alpha value is -16.5. The van der Waals surface area contributed by atoms with Crippen molar-refractivity contribution in [1.82, 2.24) is 34.9 Å². The highest BCUT2D eigenvalue weighted by atomic mass is 35.5. The number of halogens is 8. The molecule has 15 rings (SSSR count). The largest absolute Gasteiger partial charge is 0.456 e. The molecule has 0 atom stereocenters. The molecule has 15 aromatic rings. The Labute approximate surface area is 723 Å². The van der Waals surface area contributed by atoms with Crippen LogP contribution in [0.4, 0.5) is 59.2 Å². The summed E-state index contributed by atoms with van der Waals surface area (Å²) >= 11 is 5.89. The van der Waals surface area contributed by atoms with E-state index in [0.29, 0.717) is 90.3 Å². The van der Waals surface area contributed by atoms with Crippen LogP contribution >= 0.6 is 11.6 Å². The first-order chi connectivity index (χ1) is 60.2. The van der Waals surface area contributed by atoms with Crippen molar-refractivity contribution in [3.63, 3.8) is 0 Å². The van der Waals surface area contributed by atoms with Gasteiger partial charge in [-0.2, -0.15) is 22.0 Å². The molecule has 7 aromatic heterocycles. The van der Waals surface area contributed by atoms with Gasteiger partial charge in [-0.3, -0.25) is 48.9 Å². The molecule has 0 aliphatic heterocycles. The molecule has 0 saturated carbocycles. The van der Waals surface area contributed by atoms with Gasteiger partial charge in [-0.25, -0.2) is 18.7 Å². The summed E-state index contributed by atoms with van der Waals surface area (Å²) in [4.78, 5) is 88.4. The van der Waals surface area contributed by atoms with Crippen LogP contribution in [0.1, 0.15) is 94.3 Å². The number of rotatable bonds is 21. The first-order valence-electron chi connectivity index (χ1n) is 37.3. The minimum Gasteiger partial charge on any atom is -0.456 e. The molecule has 0 aliphatic rings. The van der Waals surface area contributed by atoms with Gasteiger partial charge in [-0.05, 0) is 184 Å². The summed E-state index contributed by atoms with van der Waals surface area (Å²) in [6.07, 6.45) is 17.7. The Kier molecular flexibility index (Phi) is 32.6. The second-order valence-corrected chi connectivity index (χ2v) is 26.9. The monoisotopic (exact) mass is 1720 g/mol. The number of ether oxygens (including phenoxy) is 5. The van der Waals surface area contributed by atoms with Crippen LogP contribution in [0.15, 0.2) is 335 Å². The van der Waals surface area contributed by atoms with Crippen molar-refractivity contribution >= 4 is 69.6 Å². The molecule has 0 aliphatic carbocycles. The van der Waals surface area contributed by atoms with Gasteiger partial charge in [0.25, 0.3) is 35.5 Å². The third kappa shape index (κ3) is 29.2. The molecule has 0 fully saturated rings. The zero-order valence-corrected chi connectivity index (χ0v) is 66.8. The van der Waals surface area contributed by atoms with Crippen molar-refractivity contribution in [3.8, 4) is 69.8 Å². The van der Waals surface area contributed by atoms with Gasteiger partial charge in [0.15, 0.2) is 11.5 Å². The maximum absolute atomic E-state index is 13.8. The van der Waals surface area contributed by atoms with Crippen molar-refractivity contribution in [1.29, 1.82) is 0 Å². The quantitative estimate of drug-likeness (QED) is 0.0330. The van der Waals surface area contributed by atoms with Crippen LogP contribution in [0.2, 0.25) is 5.02 Å². The number of carbonyl (C=O) groups excluding carboxylic acids is 5. The minimum atomic E-state index is -4.59. The number of nitrogens with one attached hydrogen (secondary N) is 5. The molecule has 8 aromatic carbocycles. The Bertz CT molecular complexity index is 6290. The zero-order valence-electron chi connectivity index (χ0n) is 66.1. The molecule has 0 spiro atoms. The van der Waals surface area contributed by atoms with Crippen molar-refractivity contribution in [2.45, 2.75) is 40.3 Å². The van der Waals surface area contributed by atoms with E-state index in [4.69, 9.17) is 41.7 Å². The van der Waals surface area contributed by atoms with Gasteiger partial charge in [-0.1, -0.05) is 90.7 Å². The second-order valence-electron chi connectivity index (χ2n) is 26.5. The predicted octanol–water partition coefficient (Wildman–Crippen LogP) is 23.7. The number of alkyl halides is 5. The number of nitrogens with zero attached hydrogens (tertiary/aromatic N) is 7. The number of benzene rings is 8. The van der Waals surface area contributed by atoms with Crippen molar-refractivity contribution in [2.75, 3.05) is 26.6 Å². The number of hydrogen-bond acceptors (Lipinski definition) is 17. The highest BCUT2D eigenvalue weighted by molar-refractivity contribution is 6.30. The Morgan fingerprint density at radius 3 is 1.22 bits per heavy atom. The van der Waals surface area contributed by atoms with Gasteiger partial charge < -0.3 is 50.3 Å². The lowest BCUT2D eigenvalue weighted by molar-refractivity contribution is -0.137. The Morgan fingerprint density at radius 2 is 0.770 bits per heavy atom. The highest BCUT2D eigenvalue weighted by Crippen LogP contribution is 2.37. The van der Waals surface area contributed by atoms with E-state index in [9.17, 15) is 54.7 Å². The zero-order chi connectivity index (χ0) is 88.7. The molecule has 0 radical (unpaired) electrons. The van der Waals surface area contributed by atoms with Gasteiger partial charge in [-0.15, -0.1) is 6.42 Å². The van der Waals surface area contributed by atoms with Crippen molar-refractivity contribution < 1.29 is 78.4 Å². The lowest BCUT2D eigenvalue weighted by atomic mass is 10.1. The molecule has 0 unspecified atom stereocenters. The number of aryl methyl sites for hydroxylation is 2. The van der Waals surface area contributed by atoms with Crippen LogP contribution in [-0.2, 0) is 12.1 Å². The van der Waals surface area contributed by atoms with Gasteiger partial charge in [0.1, 0.15) is 74.7 Å². The Morgan fingerprint density at radius 1 is 0.373 bits per heavy atom. The van der Waals surface area contributed by atoms with E-state index in [1.54, 1.807) is 231 Å². The van der Waals surface area contributed by atoms with E-state index in [0.717, 1.165) is 30.2 Å². The summed E-state index contributed by atoms with van der Waals surface area (Å²) in [5.41, 5.74) is 3.92. The fourth-order valence-electron chi connectivity index (χ4n) is 10.9. The van der Waals surface area contributed by atoms with Gasteiger partial charge in [0.2, 0.25) is 0 Å². The maximum atomic E-state index is 13.8. The van der Waals surface area contributed by atoms with Gasteiger partial charge in [0.05, 0.1) is 41.6 Å². The summed E-state index contributed by atoms with van der Waals surface area (Å²) in [5.74, 6) is 0.144. The SMILES string of the molecule is C.C#Cc1cccc(C(=O)Nc2cccc(Oc3cncc(Cl)c3)c2)c1.CC(F)(F)c1cccc(C(=O)Nc2cccc(Oc3cccnc3)c2)n1.Cc1cccc(C(=O)Nc2cc(F)cc(Oc3cccnc3)c2)c1.Cc1cccc(C(=O)Nc2cc(Oc3cccnc3)cc(C(F)(F)F)c2)c1.O=C(Nc1cccc(Oc2cccnc2)c1)c1ncccc1F. The average Bonchev–Trinajstić information content (AvgIpc) is 0.810. The van der Waals surface area contributed by atoms with E-state index in [1.807, 2.05) is 26.0 Å². The van der Waals surface area contributed by atoms with E-state index >= 15 is 0 Å². The molecule has 634 valence electrons. The average molecular weight is 1720 g/mol. The standard InChI is InChI=1S/C20H13ClN2O2.C20H15F3N2O2.C19H15F2N3O2.C19H15FN2O2.C17H12FN3O2.CH4/c1-2-14-5-3-6-15(9-14)20(24)23-17-7-4-8-18(11-17)25-19-10-16(21)12-22-13-19;1-13-4-2-5-14(8-13)19(26)25-16-9-15(20(21,22)23)10-18(11-16)27-17-6-3-7-24-12-17;1-19(20,21)17-9-3-8-16(24-17)18(25)23-13-5-2-6-14(11-13)26-15-7-4-10-22-12-15;1-13-4-2-5-14(8-13)19(23)22-16-9-15(20)10-18(11-16)24-17-6-3-7-21-12-17;18-15-7-3-9-20-16(15)17(22)21-12-4-1-5-13(10-12)23-14-6-2-8-19-11-14;/h1,3-13H,(H,23,24);2-12H,1H3,(H,25,26);2-12H,1H3,(H,23,25);2-12H,1H3,(H,22,23);1-11H,(H,21,22);1H4. The number of pyridine rings is 7. The molecular weight excluding hydrogens is 1650 g/mol. The maximum Gasteiger partial charge on any atom is 0.416 e.